The Kier molecular flexibility index (Phi) is 3.47. The molecule has 0 bridgehead atoms. The molecule has 4 rings (SSSR count). The maximum absolute atomic E-state index is 12.5. The highest BCUT2D eigenvalue weighted by atomic mass is 16.3. The van der Waals surface area contributed by atoms with E-state index in [-0.39, 0.29) is 18.2 Å². The molecule has 0 saturated carbocycles. The second kappa shape index (κ2) is 5.78. The van der Waals surface area contributed by atoms with Crippen molar-refractivity contribution in [2.24, 2.45) is 0 Å². The maximum atomic E-state index is 12.5. The molecule has 2 heterocycles. The topological polar surface area (TPSA) is 85.0 Å². The predicted octanol–water partition coefficient (Wildman–Crippen LogP) is 1.76. The van der Waals surface area contributed by atoms with Crippen LogP contribution in [0.5, 0.6) is 0 Å². The Morgan fingerprint density at radius 1 is 1.04 bits per heavy atom. The SMILES string of the molecule is O=C(Nn1c2ccccc2c2ccccc21)c1cn(CCO)nn1. The molecule has 7 heteroatoms. The van der Waals surface area contributed by atoms with E-state index in [1.54, 1.807) is 4.68 Å². The maximum Gasteiger partial charge on any atom is 0.292 e. The van der Waals surface area contributed by atoms with Gasteiger partial charge in [-0.1, -0.05) is 41.6 Å². The van der Waals surface area contributed by atoms with E-state index in [1.165, 1.54) is 10.9 Å². The standard InChI is InChI=1S/C17H15N5O2/c23-10-9-21-11-14(18-20-21)17(24)19-22-15-7-3-1-5-12(15)13-6-2-4-8-16(13)22/h1-8,11,23H,9-10H2,(H,19,24). The summed E-state index contributed by atoms with van der Waals surface area (Å²) in [4.78, 5) is 12.5. The number of nitrogens with zero attached hydrogens (tertiary/aromatic N) is 4. The lowest BCUT2D eigenvalue weighted by Crippen LogP contribution is -2.22. The molecule has 4 aromatic rings. The first-order chi connectivity index (χ1) is 11.8. The van der Waals surface area contributed by atoms with E-state index in [0.29, 0.717) is 6.54 Å². The minimum absolute atomic E-state index is 0.0582. The van der Waals surface area contributed by atoms with Crippen molar-refractivity contribution >= 4 is 27.7 Å². The molecule has 0 aliphatic rings. The van der Waals surface area contributed by atoms with Crippen molar-refractivity contribution in [2.45, 2.75) is 6.54 Å². The average Bonchev–Trinajstić information content (AvgIpc) is 3.20. The number of aliphatic hydroxyl groups is 1. The van der Waals surface area contributed by atoms with E-state index in [2.05, 4.69) is 15.7 Å². The number of nitrogens with one attached hydrogen (secondary N) is 1. The van der Waals surface area contributed by atoms with Gasteiger partial charge in [-0.25, -0.2) is 4.68 Å². The van der Waals surface area contributed by atoms with Gasteiger partial charge in [0.1, 0.15) is 0 Å². The highest BCUT2D eigenvalue weighted by Crippen LogP contribution is 2.27. The van der Waals surface area contributed by atoms with Crippen LogP contribution >= 0.6 is 0 Å². The smallest absolute Gasteiger partial charge is 0.292 e. The van der Waals surface area contributed by atoms with Crippen molar-refractivity contribution in [2.75, 3.05) is 12.0 Å². The minimum atomic E-state index is -0.356. The Bertz CT molecular complexity index is 981. The predicted molar refractivity (Wildman–Crippen MR) is 90.2 cm³/mol. The van der Waals surface area contributed by atoms with Gasteiger partial charge in [0, 0.05) is 10.8 Å². The lowest BCUT2D eigenvalue weighted by molar-refractivity contribution is 0.100. The largest absolute Gasteiger partial charge is 0.394 e. The molecule has 2 aromatic heterocycles. The van der Waals surface area contributed by atoms with Gasteiger partial charge >= 0.3 is 0 Å². The van der Waals surface area contributed by atoms with Crippen LogP contribution in [0.4, 0.5) is 0 Å². The number of carbonyl (C=O) groups is 1. The van der Waals surface area contributed by atoms with Crippen molar-refractivity contribution in [3.63, 3.8) is 0 Å². The van der Waals surface area contributed by atoms with E-state index in [0.717, 1.165) is 21.8 Å². The van der Waals surface area contributed by atoms with Crippen LogP contribution in [0.1, 0.15) is 10.5 Å². The van der Waals surface area contributed by atoms with Gasteiger partial charge in [-0.3, -0.25) is 14.9 Å². The number of rotatable bonds is 4. The number of fused-ring (bicyclic) bond motifs is 3. The molecule has 0 unspecified atom stereocenters. The first-order valence-corrected chi connectivity index (χ1v) is 7.58. The second-order valence-corrected chi connectivity index (χ2v) is 5.40. The van der Waals surface area contributed by atoms with Gasteiger partial charge in [-0.05, 0) is 12.1 Å². The average molecular weight is 321 g/mol. The second-order valence-electron chi connectivity index (χ2n) is 5.40. The molecule has 0 aliphatic heterocycles. The molecule has 24 heavy (non-hydrogen) atoms. The molecular weight excluding hydrogens is 306 g/mol. The van der Waals surface area contributed by atoms with Gasteiger partial charge in [0.15, 0.2) is 5.69 Å². The highest BCUT2D eigenvalue weighted by molar-refractivity contribution is 6.10. The van der Waals surface area contributed by atoms with E-state index in [1.807, 2.05) is 48.5 Å². The van der Waals surface area contributed by atoms with Gasteiger partial charge in [-0.15, -0.1) is 5.10 Å². The third kappa shape index (κ3) is 2.31. The van der Waals surface area contributed by atoms with Gasteiger partial charge in [0.2, 0.25) is 0 Å². The Hall–Kier alpha value is -3.19. The molecule has 1 amide bonds. The molecule has 0 aliphatic carbocycles. The number of hydrogen-bond acceptors (Lipinski definition) is 4. The molecule has 0 radical (unpaired) electrons. The molecule has 120 valence electrons. The van der Waals surface area contributed by atoms with Crippen LogP contribution in [0, 0.1) is 0 Å². The van der Waals surface area contributed by atoms with Crippen LogP contribution in [0.15, 0.2) is 54.7 Å². The quantitative estimate of drug-likeness (QED) is 0.600. The fraction of sp³-hybridized carbons (Fsp3) is 0.118. The monoisotopic (exact) mass is 321 g/mol. The zero-order valence-electron chi connectivity index (χ0n) is 12.8. The summed E-state index contributed by atoms with van der Waals surface area (Å²) in [6, 6.07) is 15.8. The van der Waals surface area contributed by atoms with Crippen molar-refractivity contribution in [1.29, 1.82) is 0 Å². The Balaban J connectivity index is 1.76. The molecule has 2 N–H and O–H groups in total. The lowest BCUT2D eigenvalue weighted by Gasteiger charge is -2.07. The fourth-order valence-electron chi connectivity index (χ4n) is 2.82. The van der Waals surface area contributed by atoms with Crippen LogP contribution in [-0.2, 0) is 6.54 Å². The fourth-order valence-corrected chi connectivity index (χ4v) is 2.82. The highest BCUT2D eigenvalue weighted by Gasteiger charge is 2.15. The zero-order valence-corrected chi connectivity index (χ0v) is 12.8. The summed E-state index contributed by atoms with van der Waals surface area (Å²) in [5, 5.41) is 18.7. The van der Waals surface area contributed by atoms with Crippen LogP contribution in [-0.4, -0.2) is 37.3 Å². The first-order valence-electron chi connectivity index (χ1n) is 7.58. The molecule has 7 nitrogen and oxygen atoms in total. The Labute approximate surface area is 137 Å². The third-order valence-electron chi connectivity index (χ3n) is 3.89. The lowest BCUT2D eigenvalue weighted by atomic mass is 10.2. The number of amides is 1. The zero-order chi connectivity index (χ0) is 16.5. The van der Waals surface area contributed by atoms with Gasteiger partial charge < -0.3 is 5.11 Å². The minimum Gasteiger partial charge on any atom is -0.394 e. The first kappa shape index (κ1) is 14.4. The van der Waals surface area contributed by atoms with Crippen LogP contribution < -0.4 is 5.43 Å². The summed E-state index contributed by atoms with van der Waals surface area (Å²) in [5.74, 6) is -0.356. The third-order valence-corrected chi connectivity index (χ3v) is 3.89. The number of aromatic nitrogens is 4. The van der Waals surface area contributed by atoms with Gasteiger partial charge in [0.25, 0.3) is 5.91 Å². The van der Waals surface area contributed by atoms with E-state index >= 15 is 0 Å². The summed E-state index contributed by atoms with van der Waals surface area (Å²) in [7, 11) is 0. The number of hydrogen-bond donors (Lipinski definition) is 2. The van der Waals surface area contributed by atoms with Crippen LogP contribution in [0.25, 0.3) is 21.8 Å². The summed E-state index contributed by atoms with van der Waals surface area (Å²) < 4.78 is 3.19. The Morgan fingerprint density at radius 3 is 2.29 bits per heavy atom. The molecule has 0 spiro atoms. The summed E-state index contributed by atoms with van der Waals surface area (Å²) in [5.41, 5.74) is 4.90. The van der Waals surface area contributed by atoms with Crippen LogP contribution in [0.3, 0.4) is 0 Å². The van der Waals surface area contributed by atoms with E-state index in [9.17, 15) is 4.79 Å². The Morgan fingerprint density at radius 2 is 1.67 bits per heavy atom. The van der Waals surface area contributed by atoms with Gasteiger partial charge in [-0.2, -0.15) is 0 Å². The van der Waals surface area contributed by atoms with Crippen molar-refractivity contribution in [1.82, 2.24) is 19.7 Å². The summed E-state index contributed by atoms with van der Waals surface area (Å²) in [6.07, 6.45) is 1.51. The van der Waals surface area contributed by atoms with Crippen molar-refractivity contribution < 1.29 is 9.90 Å². The number of carbonyl (C=O) groups excluding carboxylic acids is 1. The van der Waals surface area contributed by atoms with Crippen molar-refractivity contribution in [3.05, 3.63) is 60.4 Å². The number of benzene rings is 2. The molecule has 2 aromatic carbocycles. The van der Waals surface area contributed by atoms with Gasteiger partial charge in [0.05, 0.1) is 30.4 Å². The molecule has 0 atom stereocenters. The number of para-hydroxylation sites is 2. The van der Waals surface area contributed by atoms with Crippen molar-refractivity contribution in [3.8, 4) is 0 Å². The molecular formula is C17H15N5O2. The normalized spacial score (nSPS) is 11.2. The summed E-state index contributed by atoms with van der Waals surface area (Å²) in [6.45, 7) is 0.243. The molecule has 0 saturated heterocycles. The van der Waals surface area contributed by atoms with E-state index < -0.39 is 0 Å². The molecule has 0 fully saturated rings. The van der Waals surface area contributed by atoms with Crippen LogP contribution in [0.2, 0.25) is 0 Å². The van der Waals surface area contributed by atoms with E-state index in [4.69, 9.17) is 5.11 Å². The number of aliphatic hydroxyl groups excluding tert-OH is 1. The summed E-state index contributed by atoms with van der Waals surface area (Å²) >= 11 is 0.